The van der Waals surface area contributed by atoms with E-state index in [1.807, 2.05) is 20.0 Å². The molecule has 0 radical (unpaired) electrons. The van der Waals surface area contributed by atoms with Gasteiger partial charge in [0, 0.05) is 18.8 Å². The monoisotopic (exact) mass is 243 g/mol. The van der Waals surface area contributed by atoms with E-state index in [4.69, 9.17) is 4.74 Å². The number of thiol groups is 1. The fourth-order valence-corrected chi connectivity index (χ4v) is 1.82. The van der Waals surface area contributed by atoms with Crippen LogP contribution in [0.15, 0.2) is 18.2 Å². The van der Waals surface area contributed by atoms with Crippen LogP contribution < -0.4 is 4.74 Å². The molecule has 0 saturated heterocycles. The van der Waals surface area contributed by atoms with Crippen molar-refractivity contribution in [1.82, 2.24) is 4.90 Å². The lowest BCUT2D eigenvalue weighted by Crippen LogP contribution is -2.20. The lowest BCUT2D eigenvalue weighted by molar-refractivity contribution is 0.319. The first kappa shape index (κ1) is 13.3. The second-order valence-corrected chi connectivity index (χ2v) is 4.11. The summed E-state index contributed by atoms with van der Waals surface area (Å²) in [7, 11) is 1.99. The Morgan fingerprint density at radius 2 is 2.19 bits per heavy atom. The highest BCUT2D eigenvalue weighted by Crippen LogP contribution is 2.18. The van der Waals surface area contributed by atoms with Crippen molar-refractivity contribution in [2.24, 2.45) is 0 Å². The highest BCUT2D eigenvalue weighted by atomic mass is 32.1. The van der Waals surface area contributed by atoms with Crippen molar-refractivity contribution in [2.75, 3.05) is 26.0 Å². The molecule has 2 nitrogen and oxygen atoms in total. The van der Waals surface area contributed by atoms with Crippen LogP contribution in [-0.2, 0) is 6.54 Å². The molecule has 0 unspecified atom stereocenters. The summed E-state index contributed by atoms with van der Waals surface area (Å²) >= 11 is 4.15. The molecule has 0 amide bonds. The molecular weight excluding hydrogens is 225 g/mol. The van der Waals surface area contributed by atoms with Crippen molar-refractivity contribution < 1.29 is 9.13 Å². The molecular formula is C12H18FNOS. The molecule has 0 aliphatic rings. The molecule has 0 spiro atoms. The predicted molar refractivity (Wildman–Crippen MR) is 67.8 cm³/mol. The van der Waals surface area contributed by atoms with Crippen molar-refractivity contribution in [1.29, 1.82) is 0 Å². The van der Waals surface area contributed by atoms with E-state index in [0.29, 0.717) is 12.4 Å². The highest BCUT2D eigenvalue weighted by molar-refractivity contribution is 7.80. The topological polar surface area (TPSA) is 12.5 Å². The van der Waals surface area contributed by atoms with Crippen LogP contribution in [0.25, 0.3) is 0 Å². The zero-order valence-corrected chi connectivity index (χ0v) is 10.6. The fourth-order valence-electron chi connectivity index (χ4n) is 1.48. The summed E-state index contributed by atoms with van der Waals surface area (Å²) in [5.41, 5.74) is 0.949. The summed E-state index contributed by atoms with van der Waals surface area (Å²) in [5, 5.41) is 0. The van der Waals surface area contributed by atoms with E-state index in [-0.39, 0.29) is 5.82 Å². The van der Waals surface area contributed by atoms with Gasteiger partial charge in [-0.3, -0.25) is 0 Å². The molecule has 0 N–H and O–H groups in total. The molecule has 0 heterocycles. The van der Waals surface area contributed by atoms with Crippen LogP contribution in [0.3, 0.4) is 0 Å². The van der Waals surface area contributed by atoms with Crippen LogP contribution in [0.4, 0.5) is 4.39 Å². The molecule has 90 valence electrons. The Labute approximate surface area is 102 Å². The molecule has 0 atom stereocenters. The van der Waals surface area contributed by atoms with Crippen molar-refractivity contribution in [3.63, 3.8) is 0 Å². The maximum atomic E-state index is 13.5. The lowest BCUT2D eigenvalue weighted by atomic mass is 10.2. The second-order valence-electron chi connectivity index (χ2n) is 3.66. The SMILES string of the molecule is CCOc1ccc(CN(C)CCS)cc1F. The van der Waals surface area contributed by atoms with Gasteiger partial charge < -0.3 is 9.64 Å². The van der Waals surface area contributed by atoms with Gasteiger partial charge >= 0.3 is 0 Å². The minimum absolute atomic E-state index is 0.293. The summed E-state index contributed by atoms with van der Waals surface area (Å²) in [6.07, 6.45) is 0. The van der Waals surface area contributed by atoms with E-state index in [1.54, 1.807) is 6.07 Å². The molecule has 0 fully saturated rings. The average Bonchev–Trinajstić information content (AvgIpc) is 2.22. The number of rotatable bonds is 6. The van der Waals surface area contributed by atoms with Crippen LogP contribution in [-0.4, -0.2) is 30.9 Å². The summed E-state index contributed by atoms with van der Waals surface area (Å²) in [6, 6.07) is 5.10. The Bertz CT molecular complexity index is 333. The van der Waals surface area contributed by atoms with Crippen LogP contribution in [0.2, 0.25) is 0 Å². The van der Waals surface area contributed by atoms with Crippen molar-refractivity contribution in [2.45, 2.75) is 13.5 Å². The van der Waals surface area contributed by atoms with Gasteiger partial charge in [0.05, 0.1) is 6.61 Å². The highest BCUT2D eigenvalue weighted by Gasteiger charge is 2.05. The first-order valence-corrected chi connectivity index (χ1v) is 6.01. The van der Waals surface area contributed by atoms with E-state index >= 15 is 0 Å². The molecule has 1 aromatic rings. The van der Waals surface area contributed by atoms with E-state index in [2.05, 4.69) is 17.5 Å². The summed E-state index contributed by atoms with van der Waals surface area (Å²) in [6.45, 7) is 3.94. The largest absolute Gasteiger partial charge is 0.491 e. The minimum atomic E-state index is -0.293. The quantitative estimate of drug-likeness (QED) is 0.771. The van der Waals surface area contributed by atoms with Gasteiger partial charge in [0.1, 0.15) is 0 Å². The third-order valence-electron chi connectivity index (χ3n) is 2.23. The Balaban J connectivity index is 2.65. The van der Waals surface area contributed by atoms with Gasteiger partial charge in [-0.15, -0.1) is 0 Å². The maximum absolute atomic E-state index is 13.5. The average molecular weight is 243 g/mol. The normalized spacial score (nSPS) is 10.8. The van der Waals surface area contributed by atoms with Gasteiger partial charge in [-0.25, -0.2) is 4.39 Å². The molecule has 1 aromatic carbocycles. The standard InChI is InChI=1S/C12H18FNOS/c1-3-15-12-5-4-10(8-11(12)13)9-14(2)6-7-16/h4-5,8,16H,3,6-7,9H2,1-2H3. The molecule has 0 saturated carbocycles. The summed E-state index contributed by atoms with van der Waals surface area (Å²) in [5.74, 6) is 0.831. The fraction of sp³-hybridized carbons (Fsp3) is 0.500. The van der Waals surface area contributed by atoms with Gasteiger partial charge in [0.15, 0.2) is 11.6 Å². The van der Waals surface area contributed by atoms with Gasteiger partial charge in [-0.2, -0.15) is 12.6 Å². The van der Waals surface area contributed by atoms with Gasteiger partial charge in [-0.1, -0.05) is 6.07 Å². The number of halogens is 1. The van der Waals surface area contributed by atoms with Gasteiger partial charge in [-0.05, 0) is 31.7 Å². The molecule has 0 bridgehead atoms. The van der Waals surface area contributed by atoms with E-state index in [1.165, 1.54) is 6.07 Å². The molecule has 4 heteroatoms. The van der Waals surface area contributed by atoms with Crippen LogP contribution in [0, 0.1) is 5.82 Å². The van der Waals surface area contributed by atoms with Crippen molar-refractivity contribution in [3.8, 4) is 5.75 Å². The molecule has 16 heavy (non-hydrogen) atoms. The first-order chi connectivity index (χ1) is 7.67. The Morgan fingerprint density at radius 3 is 2.75 bits per heavy atom. The smallest absolute Gasteiger partial charge is 0.165 e. The van der Waals surface area contributed by atoms with E-state index in [9.17, 15) is 4.39 Å². The summed E-state index contributed by atoms with van der Waals surface area (Å²) in [4.78, 5) is 2.10. The molecule has 0 aliphatic carbocycles. The van der Waals surface area contributed by atoms with Crippen LogP contribution in [0.1, 0.15) is 12.5 Å². The second kappa shape index (κ2) is 6.76. The number of hydrogen-bond acceptors (Lipinski definition) is 3. The van der Waals surface area contributed by atoms with Crippen LogP contribution in [0.5, 0.6) is 5.75 Å². The molecule has 1 rings (SSSR count). The minimum Gasteiger partial charge on any atom is -0.491 e. The maximum Gasteiger partial charge on any atom is 0.165 e. The Hall–Kier alpha value is -0.740. The first-order valence-electron chi connectivity index (χ1n) is 5.38. The van der Waals surface area contributed by atoms with Gasteiger partial charge in [0.25, 0.3) is 0 Å². The Morgan fingerprint density at radius 1 is 1.44 bits per heavy atom. The van der Waals surface area contributed by atoms with Crippen LogP contribution >= 0.6 is 12.6 Å². The zero-order chi connectivity index (χ0) is 12.0. The number of ether oxygens (including phenoxy) is 1. The number of hydrogen-bond donors (Lipinski definition) is 1. The van der Waals surface area contributed by atoms with E-state index in [0.717, 1.165) is 24.4 Å². The van der Waals surface area contributed by atoms with Gasteiger partial charge in [0.2, 0.25) is 0 Å². The predicted octanol–water partition coefficient (Wildman–Crippen LogP) is 2.59. The number of benzene rings is 1. The van der Waals surface area contributed by atoms with E-state index < -0.39 is 0 Å². The molecule has 0 aromatic heterocycles. The van der Waals surface area contributed by atoms with Crippen molar-refractivity contribution in [3.05, 3.63) is 29.6 Å². The molecule has 0 aliphatic heterocycles. The summed E-state index contributed by atoms with van der Waals surface area (Å²) < 4.78 is 18.7. The third-order valence-corrected chi connectivity index (χ3v) is 2.43. The third kappa shape index (κ3) is 4.02. The zero-order valence-electron chi connectivity index (χ0n) is 9.74. The Kier molecular flexibility index (Phi) is 5.63. The van der Waals surface area contributed by atoms with Crippen molar-refractivity contribution >= 4 is 12.6 Å². The number of nitrogens with zero attached hydrogens (tertiary/aromatic N) is 1. The lowest BCUT2D eigenvalue weighted by Gasteiger charge is -2.15.